The van der Waals surface area contributed by atoms with Gasteiger partial charge < -0.3 is 15.2 Å². The number of nitrogens with zero attached hydrogens (tertiary/aromatic N) is 1. The van der Waals surface area contributed by atoms with Gasteiger partial charge in [0.25, 0.3) is 5.69 Å². The third-order valence-electron chi connectivity index (χ3n) is 3.79. The summed E-state index contributed by atoms with van der Waals surface area (Å²) in [6.45, 7) is 4.52. The van der Waals surface area contributed by atoms with Gasteiger partial charge in [0.15, 0.2) is 0 Å². The standard InChI is InChI=1S/C18H22N2O4/c1-13-6-3-4-9-18(13)14(2)19-11-16(21)12-24-17-8-5-7-15(10-17)20(22)23/h3-10,14,16,19,21H,11-12H2,1-2H3/t14-,16+/m1/s1. The number of nitrogens with one attached hydrogen (secondary N) is 1. The molecule has 2 aromatic carbocycles. The molecule has 0 bridgehead atoms. The lowest BCUT2D eigenvalue weighted by Crippen LogP contribution is -2.33. The van der Waals surface area contributed by atoms with Crippen molar-refractivity contribution in [1.29, 1.82) is 0 Å². The number of nitro groups is 1. The first-order valence-corrected chi connectivity index (χ1v) is 7.81. The molecule has 0 amide bonds. The van der Waals surface area contributed by atoms with Crippen molar-refractivity contribution < 1.29 is 14.8 Å². The Morgan fingerprint density at radius 3 is 2.71 bits per heavy atom. The van der Waals surface area contributed by atoms with E-state index in [4.69, 9.17) is 4.74 Å². The van der Waals surface area contributed by atoms with Crippen LogP contribution in [0, 0.1) is 17.0 Å². The molecule has 128 valence electrons. The fourth-order valence-electron chi connectivity index (χ4n) is 2.43. The molecule has 6 nitrogen and oxygen atoms in total. The highest BCUT2D eigenvalue weighted by molar-refractivity contribution is 5.37. The zero-order chi connectivity index (χ0) is 17.5. The first-order valence-electron chi connectivity index (χ1n) is 7.81. The lowest BCUT2D eigenvalue weighted by Gasteiger charge is -2.19. The summed E-state index contributed by atoms with van der Waals surface area (Å²) in [5, 5.41) is 24.0. The minimum atomic E-state index is -0.712. The average molecular weight is 330 g/mol. The van der Waals surface area contributed by atoms with Crippen molar-refractivity contribution in [2.45, 2.75) is 26.0 Å². The molecule has 0 saturated carbocycles. The Bertz CT molecular complexity index is 690. The van der Waals surface area contributed by atoms with E-state index in [2.05, 4.69) is 24.4 Å². The zero-order valence-electron chi connectivity index (χ0n) is 13.8. The van der Waals surface area contributed by atoms with Crippen molar-refractivity contribution in [2.75, 3.05) is 13.2 Å². The summed E-state index contributed by atoms with van der Waals surface area (Å²) < 4.78 is 5.43. The summed E-state index contributed by atoms with van der Waals surface area (Å²) in [5.41, 5.74) is 2.34. The smallest absolute Gasteiger partial charge is 0.273 e. The van der Waals surface area contributed by atoms with E-state index in [1.54, 1.807) is 12.1 Å². The quantitative estimate of drug-likeness (QED) is 0.574. The third kappa shape index (κ3) is 5.04. The SMILES string of the molecule is Cc1ccccc1[C@@H](C)NC[C@H](O)COc1cccc([N+](=O)[O-])c1. The Morgan fingerprint density at radius 1 is 1.25 bits per heavy atom. The van der Waals surface area contributed by atoms with Gasteiger partial charge in [-0.2, -0.15) is 0 Å². The van der Waals surface area contributed by atoms with Gasteiger partial charge in [0.05, 0.1) is 11.0 Å². The molecule has 2 N–H and O–H groups in total. The molecule has 0 aromatic heterocycles. The lowest BCUT2D eigenvalue weighted by molar-refractivity contribution is -0.384. The molecule has 2 rings (SSSR count). The fraction of sp³-hybridized carbons (Fsp3) is 0.333. The van der Waals surface area contributed by atoms with Crippen LogP contribution in [0.5, 0.6) is 5.75 Å². The Labute approximate surface area is 141 Å². The first-order chi connectivity index (χ1) is 11.5. The maximum Gasteiger partial charge on any atom is 0.273 e. The zero-order valence-corrected chi connectivity index (χ0v) is 13.8. The molecular formula is C18H22N2O4. The Balaban J connectivity index is 1.81. The van der Waals surface area contributed by atoms with Gasteiger partial charge in [-0.15, -0.1) is 0 Å². The highest BCUT2D eigenvalue weighted by atomic mass is 16.6. The van der Waals surface area contributed by atoms with Crippen molar-refractivity contribution in [3.8, 4) is 5.75 Å². The van der Waals surface area contributed by atoms with Crippen molar-refractivity contribution in [2.24, 2.45) is 0 Å². The van der Waals surface area contributed by atoms with E-state index in [-0.39, 0.29) is 18.3 Å². The third-order valence-corrected chi connectivity index (χ3v) is 3.79. The molecule has 6 heteroatoms. The normalized spacial score (nSPS) is 13.3. The molecule has 0 radical (unpaired) electrons. The number of nitro benzene ring substituents is 1. The van der Waals surface area contributed by atoms with Crippen LogP contribution in [0.15, 0.2) is 48.5 Å². The number of ether oxygens (including phenoxy) is 1. The molecule has 0 aliphatic rings. The van der Waals surface area contributed by atoms with Crippen LogP contribution in [0.2, 0.25) is 0 Å². The molecule has 0 heterocycles. The summed E-state index contributed by atoms with van der Waals surface area (Å²) in [7, 11) is 0. The van der Waals surface area contributed by atoms with Crippen LogP contribution in [0.25, 0.3) is 0 Å². The van der Waals surface area contributed by atoms with Gasteiger partial charge in [0.1, 0.15) is 18.5 Å². The highest BCUT2D eigenvalue weighted by Gasteiger charge is 2.12. The second-order valence-electron chi connectivity index (χ2n) is 5.71. The van der Waals surface area contributed by atoms with Crippen LogP contribution < -0.4 is 10.1 Å². The predicted octanol–water partition coefficient (Wildman–Crippen LogP) is 2.99. The van der Waals surface area contributed by atoms with Crippen LogP contribution >= 0.6 is 0 Å². The average Bonchev–Trinajstić information content (AvgIpc) is 2.58. The van der Waals surface area contributed by atoms with Gasteiger partial charge >= 0.3 is 0 Å². The monoisotopic (exact) mass is 330 g/mol. The lowest BCUT2D eigenvalue weighted by atomic mass is 10.0. The number of aliphatic hydroxyl groups excluding tert-OH is 1. The highest BCUT2D eigenvalue weighted by Crippen LogP contribution is 2.19. The molecule has 0 saturated heterocycles. The topological polar surface area (TPSA) is 84.6 Å². The molecular weight excluding hydrogens is 308 g/mol. The van der Waals surface area contributed by atoms with Gasteiger partial charge in [-0.3, -0.25) is 10.1 Å². The maximum atomic E-state index is 10.7. The largest absolute Gasteiger partial charge is 0.491 e. The molecule has 2 atom stereocenters. The Hall–Kier alpha value is -2.44. The summed E-state index contributed by atoms with van der Waals surface area (Å²) >= 11 is 0. The molecule has 0 aliphatic heterocycles. The van der Waals surface area contributed by atoms with Gasteiger partial charge in [-0.1, -0.05) is 30.3 Å². The number of aliphatic hydroxyl groups is 1. The second kappa shape index (κ2) is 8.42. The maximum absolute atomic E-state index is 10.7. The summed E-state index contributed by atoms with van der Waals surface area (Å²) in [5.74, 6) is 0.371. The van der Waals surface area contributed by atoms with Gasteiger partial charge in [0, 0.05) is 18.7 Å². The number of benzene rings is 2. The number of rotatable bonds is 8. The molecule has 0 aliphatic carbocycles. The van der Waals surface area contributed by atoms with Crippen molar-refractivity contribution in [3.63, 3.8) is 0 Å². The first kappa shape index (κ1) is 17.9. The molecule has 0 spiro atoms. The van der Waals surface area contributed by atoms with Gasteiger partial charge in [0.2, 0.25) is 0 Å². The Kier molecular flexibility index (Phi) is 6.28. The van der Waals surface area contributed by atoms with E-state index >= 15 is 0 Å². The Morgan fingerprint density at radius 2 is 2.00 bits per heavy atom. The van der Waals surface area contributed by atoms with E-state index in [0.29, 0.717) is 12.3 Å². The summed E-state index contributed by atoms with van der Waals surface area (Å²) in [6.07, 6.45) is -0.712. The predicted molar refractivity (Wildman–Crippen MR) is 92.2 cm³/mol. The number of aryl methyl sites for hydroxylation is 1. The van der Waals surface area contributed by atoms with Crippen LogP contribution in [0.4, 0.5) is 5.69 Å². The van der Waals surface area contributed by atoms with Crippen LogP contribution in [0.1, 0.15) is 24.1 Å². The molecule has 24 heavy (non-hydrogen) atoms. The van der Waals surface area contributed by atoms with Gasteiger partial charge in [-0.25, -0.2) is 0 Å². The fourth-order valence-corrected chi connectivity index (χ4v) is 2.43. The minimum Gasteiger partial charge on any atom is -0.491 e. The molecule has 0 fully saturated rings. The van der Waals surface area contributed by atoms with Crippen molar-refractivity contribution >= 4 is 5.69 Å². The van der Waals surface area contributed by atoms with E-state index in [9.17, 15) is 15.2 Å². The van der Waals surface area contributed by atoms with E-state index in [1.807, 2.05) is 19.1 Å². The number of hydrogen-bond donors (Lipinski definition) is 2. The number of hydrogen-bond acceptors (Lipinski definition) is 5. The molecule has 2 aromatic rings. The second-order valence-corrected chi connectivity index (χ2v) is 5.71. The van der Waals surface area contributed by atoms with E-state index in [0.717, 1.165) is 0 Å². The number of non-ortho nitro benzene ring substituents is 1. The minimum absolute atomic E-state index is 0.0340. The summed E-state index contributed by atoms with van der Waals surface area (Å²) in [6, 6.07) is 14.1. The van der Waals surface area contributed by atoms with Crippen LogP contribution in [0.3, 0.4) is 0 Å². The van der Waals surface area contributed by atoms with E-state index in [1.165, 1.54) is 23.3 Å². The van der Waals surface area contributed by atoms with Crippen molar-refractivity contribution in [1.82, 2.24) is 5.32 Å². The molecule has 0 unspecified atom stereocenters. The summed E-state index contributed by atoms with van der Waals surface area (Å²) in [4.78, 5) is 10.2. The van der Waals surface area contributed by atoms with Crippen LogP contribution in [-0.2, 0) is 0 Å². The van der Waals surface area contributed by atoms with Crippen LogP contribution in [-0.4, -0.2) is 29.3 Å². The van der Waals surface area contributed by atoms with Crippen molar-refractivity contribution in [3.05, 3.63) is 69.8 Å². The van der Waals surface area contributed by atoms with Gasteiger partial charge in [-0.05, 0) is 31.0 Å². The van der Waals surface area contributed by atoms with E-state index < -0.39 is 11.0 Å².